The summed E-state index contributed by atoms with van der Waals surface area (Å²) in [4.78, 5) is 18.1. The molecule has 4 heterocycles. The van der Waals surface area contributed by atoms with Gasteiger partial charge in [-0.05, 0) is 80.1 Å². The number of rotatable bonds is 9. The molecule has 0 saturated heterocycles. The van der Waals surface area contributed by atoms with Crippen LogP contribution in [0.5, 0.6) is 46.3 Å². The Hall–Kier alpha value is -6.74. The number of hydrogen-bond acceptors (Lipinski definition) is 8. The third-order valence-corrected chi connectivity index (χ3v) is 7.93. The highest BCUT2D eigenvalue weighted by Crippen LogP contribution is 2.38. The van der Waals surface area contributed by atoms with Crippen LogP contribution >= 0.6 is 0 Å². The molecule has 4 aromatic carbocycles. The van der Waals surface area contributed by atoms with Gasteiger partial charge in [0, 0.05) is 71.5 Å². The molecule has 0 atom stereocenters. The Morgan fingerprint density at radius 1 is 0.469 bits per heavy atom. The summed E-state index contributed by atoms with van der Waals surface area (Å²) in [6.45, 7) is 3.98. The molecule has 0 fully saturated rings. The summed E-state index contributed by atoms with van der Waals surface area (Å²) in [6.07, 6.45) is 5.22. The maximum absolute atomic E-state index is 6.36. The zero-order chi connectivity index (χ0) is 33.2. The molecule has 0 bridgehead atoms. The Bertz CT molecular complexity index is 2290. The quantitative estimate of drug-likeness (QED) is 0.153. The fourth-order valence-corrected chi connectivity index (χ4v) is 5.47. The lowest BCUT2D eigenvalue weighted by molar-refractivity contribution is 0.448. The van der Waals surface area contributed by atoms with E-state index < -0.39 is 0 Å². The minimum atomic E-state index is 0.507. The molecule has 0 radical (unpaired) electrons. The smallest absolute Gasteiger partial charge is 0.234 e. The van der Waals surface area contributed by atoms with E-state index in [1.807, 2.05) is 122 Å². The second-order valence-electron chi connectivity index (χ2n) is 11.3. The van der Waals surface area contributed by atoms with Crippen LogP contribution in [0.15, 0.2) is 140 Å². The number of pyridine rings is 2. The van der Waals surface area contributed by atoms with Gasteiger partial charge >= 0.3 is 0 Å². The SMILES string of the molecule is Cc1cnc(-n2c3cc(Oc4cccc(Oc5ccccn5)c4)ccc3c3ccc(Oc4cccc(Oc5ccccn5)c4)cc32)nc1C. The van der Waals surface area contributed by atoms with Gasteiger partial charge in [-0.1, -0.05) is 24.3 Å². The van der Waals surface area contributed by atoms with E-state index >= 15 is 0 Å². The van der Waals surface area contributed by atoms with Gasteiger partial charge in [0.05, 0.1) is 11.0 Å². The molecule has 0 unspecified atom stereocenters. The summed E-state index contributed by atoms with van der Waals surface area (Å²) >= 11 is 0. The Labute approximate surface area is 282 Å². The van der Waals surface area contributed by atoms with E-state index in [0.717, 1.165) is 33.1 Å². The van der Waals surface area contributed by atoms with Crippen LogP contribution in [0.2, 0.25) is 0 Å². The maximum atomic E-state index is 6.36. The van der Waals surface area contributed by atoms with Gasteiger partial charge in [-0.15, -0.1) is 0 Å². The third-order valence-electron chi connectivity index (χ3n) is 7.93. The lowest BCUT2D eigenvalue weighted by Gasteiger charge is -2.11. The monoisotopic (exact) mass is 643 g/mol. The number of aryl methyl sites for hydroxylation is 2. The van der Waals surface area contributed by atoms with Gasteiger partial charge < -0.3 is 18.9 Å². The highest BCUT2D eigenvalue weighted by molar-refractivity contribution is 6.09. The second kappa shape index (κ2) is 12.8. The minimum absolute atomic E-state index is 0.507. The molecule has 49 heavy (non-hydrogen) atoms. The van der Waals surface area contributed by atoms with E-state index in [-0.39, 0.29) is 0 Å². The standard InChI is InChI=1S/C40H29N5O4/c1-26-25-43-40(44-27(26)2)45-36-23-32(46-28-9-7-11-30(21-28)48-38-13-3-5-19-41-38)15-17-34(36)35-18-16-33(24-37(35)45)47-29-10-8-12-31(22-29)49-39-14-4-6-20-42-39/h3-25H,1-2H3. The van der Waals surface area contributed by atoms with E-state index in [1.165, 1.54) is 0 Å². The van der Waals surface area contributed by atoms with Crippen LogP contribution in [0.25, 0.3) is 27.8 Å². The molecular formula is C40H29N5O4. The Kier molecular flexibility index (Phi) is 7.75. The van der Waals surface area contributed by atoms with Crippen molar-refractivity contribution in [1.29, 1.82) is 0 Å². The zero-order valence-electron chi connectivity index (χ0n) is 26.6. The van der Waals surface area contributed by atoms with Crippen molar-refractivity contribution in [3.63, 3.8) is 0 Å². The zero-order valence-corrected chi connectivity index (χ0v) is 26.6. The lowest BCUT2D eigenvalue weighted by Crippen LogP contribution is -2.03. The Morgan fingerprint density at radius 3 is 1.43 bits per heavy atom. The molecule has 9 nitrogen and oxygen atoms in total. The van der Waals surface area contributed by atoms with E-state index in [0.29, 0.717) is 52.2 Å². The predicted molar refractivity (Wildman–Crippen MR) is 187 cm³/mol. The van der Waals surface area contributed by atoms with Crippen LogP contribution in [-0.4, -0.2) is 24.5 Å². The van der Waals surface area contributed by atoms with Crippen molar-refractivity contribution in [2.45, 2.75) is 13.8 Å². The van der Waals surface area contributed by atoms with E-state index in [9.17, 15) is 0 Å². The number of aromatic nitrogens is 5. The molecule has 4 aromatic heterocycles. The molecule has 0 N–H and O–H groups in total. The van der Waals surface area contributed by atoms with E-state index in [4.69, 9.17) is 28.9 Å². The average molecular weight is 644 g/mol. The van der Waals surface area contributed by atoms with Crippen LogP contribution < -0.4 is 18.9 Å². The van der Waals surface area contributed by atoms with Crippen LogP contribution in [0.4, 0.5) is 0 Å². The van der Waals surface area contributed by atoms with Crippen molar-refractivity contribution in [3.05, 3.63) is 151 Å². The molecule has 0 aliphatic heterocycles. The molecule has 238 valence electrons. The van der Waals surface area contributed by atoms with Gasteiger partial charge in [-0.25, -0.2) is 19.9 Å². The van der Waals surface area contributed by atoms with Crippen LogP contribution in [0.1, 0.15) is 11.3 Å². The summed E-state index contributed by atoms with van der Waals surface area (Å²) in [7, 11) is 0. The highest BCUT2D eigenvalue weighted by atomic mass is 16.5. The van der Waals surface area contributed by atoms with Crippen molar-refractivity contribution in [1.82, 2.24) is 24.5 Å². The molecule has 8 rings (SSSR count). The van der Waals surface area contributed by atoms with Crippen LogP contribution in [0.3, 0.4) is 0 Å². The van der Waals surface area contributed by atoms with Gasteiger partial charge in [0.1, 0.15) is 34.5 Å². The minimum Gasteiger partial charge on any atom is -0.457 e. The molecule has 9 heteroatoms. The summed E-state index contributed by atoms with van der Waals surface area (Å²) in [5.41, 5.74) is 3.69. The predicted octanol–water partition coefficient (Wildman–Crippen LogP) is 10.1. The molecular weight excluding hydrogens is 614 g/mol. The fraction of sp³-hybridized carbons (Fsp3) is 0.0500. The van der Waals surface area contributed by atoms with Gasteiger partial charge in [0.25, 0.3) is 0 Å². The number of fused-ring (bicyclic) bond motifs is 3. The van der Waals surface area contributed by atoms with E-state index in [1.54, 1.807) is 24.5 Å². The first-order valence-corrected chi connectivity index (χ1v) is 15.7. The summed E-state index contributed by atoms with van der Waals surface area (Å²) < 4.78 is 26.6. The summed E-state index contributed by atoms with van der Waals surface area (Å²) in [6, 6.07) is 38.0. The first kappa shape index (κ1) is 29.6. The molecule has 0 aliphatic carbocycles. The van der Waals surface area contributed by atoms with Gasteiger partial charge in [0.15, 0.2) is 0 Å². The Balaban J connectivity index is 1.16. The van der Waals surface area contributed by atoms with Gasteiger partial charge in [-0.2, -0.15) is 0 Å². The van der Waals surface area contributed by atoms with Crippen molar-refractivity contribution < 1.29 is 18.9 Å². The second-order valence-corrected chi connectivity index (χ2v) is 11.3. The molecule has 0 spiro atoms. The van der Waals surface area contributed by atoms with Crippen LogP contribution in [0, 0.1) is 13.8 Å². The largest absolute Gasteiger partial charge is 0.457 e. The molecule has 8 aromatic rings. The van der Waals surface area contributed by atoms with Crippen molar-refractivity contribution in [2.24, 2.45) is 0 Å². The summed E-state index contributed by atoms with van der Waals surface area (Å²) in [5.74, 6) is 5.36. The fourth-order valence-electron chi connectivity index (χ4n) is 5.47. The normalized spacial score (nSPS) is 11.1. The molecule has 0 aliphatic rings. The number of nitrogens with zero attached hydrogens (tertiary/aromatic N) is 5. The molecule has 0 amide bonds. The number of hydrogen-bond donors (Lipinski definition) is 0. The lowest BCUT2D eigenvalue weighted by atomic mass is 10.1. The topological polar surface area (TPSA) is 93.4 Å². The average Bonchev–Trinajstić information content (AvgIpc) is 3.43. The van der Waals surface area contributed by atoms with Crippen molar-refractivity contribution in [3.8, 4) is 52.2 Å². The van der Waals surface area contributed by atoms with E-state index in [2.05, 4.69) is 22.1 Å². The summed E-state index contributed by atoms with van der Waals surface area (Å²) in [5, 5.41) is 2.04. The molecule has 0 saturated carbocycles. The first-order valence-electron chi connectivity index (χ1n) is 15.7. The van der Waals surface area contributed by atoms with Crippen LogP contribution in [-0.2, 0) is 0 Å². The third kappa shape index (κ3) is 6.33. The first-order chi connectivity index (χ1) is 24.1. The van der Waals surface area contributed by atoms with Crippen molar-refractivity contribution >= 4 is 21.8 Å². The van der Waals surface area contributed by atoms with Gasteiger partial charge in [0.2, 0.25) is 17.7 Å². The maximum Gasteiger partial charge on any atom is 0.234 e. The van der Waals surface area contributed by atoms with Crippen molar-refractivity contribution in [2.75, 3.05) is 0 Å². The number of benzene rings is 4. The number of ether oxygens (including phenoxy) is 4. The highest BCUT2D eigenvalue weighted by Gasteiger charge is 2.17. The Morgan fingerprint density at radius 2 is 0.959 bits per heavy atom. The van der Waals surface area contributed by atoms with Gasteiger partial charge in [-0.3, -0.25) is 4.57 Å².